The highest BCUT2D eigenvalue weighted by Gasteiger charge is 2.12. The van der Waals surface area contributed by atoms with Crippen molar-refractivity contribution in [2.45, 2.75) is 13.5 Å². The Morgan fingerprint density at radius 1 is 1.07 bits per heavy atom. The lowest BCUT2D eigenvalue weighted by Crippen LogP contribution is -2.28. The number of para-hydroxylation sites is 1. The molecule has 0 saturated heterocycles. The molecule has 2 heterocycles. The Labute approximate surface area is 168 Å². The summed E-state index contributed by atoms with van der Waals surface area (Å²) in [5.41, 5.74) is 5.36. The summed E-state index contributed by atoms with van der Waals surface area (Å²) in [4.78, 5) is 17.1. The number of anilines is 1. The topological polar surface area (TPSA) is 58.4 Å². The molecule has 0 saturated carbocycles. The van der Waals surface area contributed by atoms with Crippen molar-refractivity contribution in [3.63, 3.8) is 0 Å². The number of fused-ring (bicyclic) bond motifs is 1. The first-order valence-electron chi connectivity index (χ1n) is 8.93. The van der Waals surface area contributed by atoms with Gasteiger partial charge in [-0.15, -0.1) is 0 Å². The Kier molecular flexibility index (Phi) is 5.00. The second kappa shape index (κ2) is 7.74. The first kappa shape index (κ1) is 18.1. The van der Waals surface area contributed by atoms with E-state index in [1.165, 1.54) is 0 Å². The number of carbonyl (C=O) groups is 1. The van der Waals surface area contributed by atoms with Gasteiger partial charge in [0.15, 0.2) is 0 Å². The maximum absolute atomic E-state index is 12.4. The summed E-state index contributed by atoms with van der Waals surface area (Å²) < 4.78 is 1.99. The van der Waals surface area contributed by atoms with E-state index < -0.39 is 0 Å². The number of aromatic nitrogens is 2. The monoisotopic (exact) mass is 390 g/mol. The van der Waals surface area contributed by atoms with Crippen LogP contribution in [0.4, 0.5) is 10.5 Å². The lowest BCUT2D eigenvalue weighted by molar-refractivity contribution is 0.252. The first-order valence-corrected chi connectivity index (χ1v) is 9.31. The van der Waals surface area contributed by atoms with Gasteiger partial charge in [-0.2, -0.15) is 0 Å². The van der Waals surface area contributed by atoms with Crippen LogP contribution in [0.15, 0.2) is 73.1 Å². The SMILES string of the molecule is Cc1cccn2cc(-c3ccccc3NC(=O)NCc3ccc(Cl)cc3)nc12. The molecule has 6 heteroatoms. The van der Waals surface area contributed by atoms with E-state index in [1.807, 2.05) is 72.2 Å². The third-order valence-corrected chi connectivity index (χ3v) is 4.75. The lowest BCUT2D eigenvalue weighted by atomic mass is 10.1. The standard InChI is InChI=1S/C22H19ClN4O/c1-15-5-4-12-27-14-20(25-21(15)27)18-6-2-3-7-19(18)26-22(28)24-13-16-8-10-17(23)11-9-16/h2-12,14H,13H2,1H3,(H2,24,26,28). The van der Waals surface area contributed by atoms with Crippen molar-refractivity contribution in [3.05, 3.63) is 89.2 Å². The molecule has 0 radical (unpaired) electrons. The quantitative estimate of drug-likeness (QED) is 0.497. The first-order chi connectivity index (χ1) is 13.6. The number of nitrogens with zero attached hydrogens (tertiary/aromatic N) is 2. The molecule has 28 heavy (non-hydrogen) atoms. The zero-order valence-corrected chi connectivity index (χ0v) is 16.1. The molecule has 2 N–H and O–H groups in total. The van der Waals surface area contributed by atoms with E-state index in [9.17, 15) is 4.79 Å². The van der Waals surface area contributed by atoms with Gasteiger partial charge in [0.25, 0.3) is 0 Å². The largest absolute Gasteiger partial charge is 0.334 e. The highest BCUT2D eigenvalue weighted by molar-refractivity contribution is 6.30. The molecule has 0 spiro atoms. The third kappa shape index (κ3) is 3.85. The van der Waals surface area contributed by atoms with Gasteiger partial charge in [0.05, 0.1) is 11.4 Å². The number of hydrogen-bond acceptors (Lipinski definition) is 2. The number of amides is 2. The number of nitrogens with one attached hydrogen (secondary N) is 2. The zero-order chi connectivity index (χ0) is 19.5. The highest BCUT2D eigenvalue weighted by atomic mass is 35.5. The highest BCUT2D eigenvalue weighted by Crippen LogP contribution is 2.28. The number of aryl methyl sites for hydroxylation is 1. The minimum atomic E-state index is -0.276. The number of hydrogen-bond donors (Lipinski definition) is 2. The second-order valence-electron chi connectivity index (χ2n) is 6.53. The smallest absolute Gasteiger partial charge is 0.319 e. The van der Waals surface area contributed by atoms with E-state index in [1.54, 1.807) is 12.1 Å². The van der Waals surface area contributed by atoms with Crippen molar-refractivity contribution >= 4 is 29.0 Å². The fourth-order valence-electron chi connectivity index (χ4n) is 3.05. The van der Waals surface area contributed by atoms with E-state index in [0.717, 1.165) is 28.0 Å². The van der Waals surface area contributed by atoms with Crippen LogP contribution < -0.4 is 10.6 Å². The summed E-state index contributed by atoms with van der Waals surface area (Å²) >= 11 is 5.89. The molecule has 5 nitrogen and oxygen atoms in total. The average molecular weight is 391 g/mol. The van der Waals surface area contributed by atoms with Crippen molar-refractivity contribution < 1.29 is 4.79 Å². The number of urea groups is 1. The van der Waals surface area contributed by atoms with E-state index in [4.69, 9.17) is 16.6 Å². The van der Waals surface area contributed by atoms with Gasteiger partial charge in [-0.3, -0.25) is 0 Å². The van der Waals surface area contributed by atoms with Crippen LogP contribution in [0, 0.1) is 6.92 Å². The van der Waals surface area contributed by atoms with E-state index >= 15 is 0 Å². The molecule has 4 rings (SSSR count). The van der Waals surface area contributed by atoms with Gasteiger partial charge in [0.1, 0.15) is 5.65 Å². The van der Waals surface area contributed by atoms with Crippen molar-refractivity contribution in [2.24, 2.45) is 0 Å². The Morgan fingerprint density at radius 2 is 1.86 bits per heavy atom. The minimum Gasteiger partial charge on any atom is -0.334 e. The summed E-state index contributed by atoms with van der Waals surface area (Å²) in [6.07, 6.45) is 3.93. The predicted molar refractivity (Wildman–Crippen MR) is 113 cm³/mol. The molecular weight excluding hydrogens is 372 g/mol. The molecule has 140 valence electrons. The van der Waals surface area contributed by atoms with Gasteiger partial charge >= 0.3 is 6.03 Å². The van der Waals surface area contributed by atoms with E-state index in [2.05, 4.69) is 10.6 Å². The lowest BCUT2D eigenvalue weighted by Gasteiger charge is -2.11. The summed E-state index contributed by atoms with van der Waals surface area (Å²) in [5, 5.41) is 6.46. The van der Waals surface area contributed by atoms with Crippen molar-refractivity contribution in [3.8, 4) is 11.3 Å². The number of halogens is 1. The van der Waals surface area contributed by atoms with Gasteiger partial charge < -0.3 is 15.0 Å². The van der Waals surface area contributed by atoms with Crippen LogP contribution in [0.2, 0.25) is 5.02 Å². The fourth-order valence-corrected chi connectivity index (χ4v) is 3.18. The zero-order valence-electron chi connectivity index (χ0n) is 15.3. The Balaban J connectivity index is 1.53. The number of imidazole rings is 1. The van der Waals surface area contributed by atoms with Gasteiger partial charge in [0.2, 0.25) is 0 Å². The van der Waals surface area contributed by atoms with Crippen molar-refractivity contribution in [1.29, 1.82) is 0 Å². The normalized spacial score (nSPS) is 10.8. The summed E-state index contributed by atoms with van der Waals surface area (Å²) in [7, 11) is 0. The van der Waals surface area contributed by atoms with Crippen LogP contribution in [0.3, 0.4) is 0 Å². The summed E-state index contributed by atoms with van der Waals surface area (Å²) in [6.45, 7) is 2.44. The van der Waals surface area contributed by atoms with Crippen molar-refractivity contribution in [1.82, 2.24) is 14.7 Å². The van der Waals surface area contributed by atoms with E-state index in [0.29, 0.717) is 17.3 Å². The summed E-state index contributed by atoms with van der Waals surface area (Å²) in [6, 6.07) is 18.8. The Morgan fingerprint density at radius 3 is 2.64 bits per heavy atom. The molecule has 0 atom stereocenters. The fraction of sp³-hybridized carbons (Fsp3) is 0.0909. The van der Waals surface area contributed by atoms with Crippen LogP contribution in [-0.4, -0.2) is 15.4 Å². The summed E-state index contributed by atoms with van der Waals surface area (Å²) in [5.74, 6) is 0. The van der Waals surface area contributed by atoms with Crippen LogP contribution in [-0.2, 0) is 6.54 Å². The molecule has 0 aliphatic heterocycles. The maximum atomic E-state index is 12.4. The van der Waals surface area contributed by atoms with Gasteiger partial charge in [-0.1, -0.05) is 48.0 Å². The van der Waals surface area contributed by atoms with Gasteiger partial charge in [-0.25, -0.2) is 9.78 Å². The predicted octanol–water partition coefficient (Wildman–Crippen LogP) is 5.28. The third-order valence-electron chi connectivity index (χ3n) is 4.50. The maximum Gasteiger partial charge on any atom is 0.319 e. The van der Waals surface area contributed by atoms with Crippen LogP contribution >= 0.6 is 11.6 Å². The molecule has 2 amide bonds. The number of benzene rings is 2. The van der Waals surface area contributed by atoms with Crippen molar-refractivity contribution in [2.75, 3.05) is 5.32 Å². The number of pyridine rings is 1. The molecule has 0 aliphatic carbocycles. The number of rotatable bonds is 4. The van der Waals surface area contributed by atoms with Gasteiger partial charge in [-0.05, 0) is 42.3 Å². The van der Waals surface area contributed by atoms with Gasteiger partial charge in [0, 0.05) is 29.5 Å². The molecule has 2 aromatic heterocycles. The second-order valence-corrected chi connectivity index (χ2v) is 6.96. The Hall–Kier alpha value is -3.31. The molecule has 4 aromatic rings. The van der Waals surface area contributed by atoms with E-state index in [-0.39, 0.29) is 6.03 Å². The minimum absolute atomic E-state index is 0.276. The molecule has 0 aliphatic rings. The molecular formula is C22H19ClN4O. The molecule has 0 fully saturated rings. The Bertz CT molecular complexity index is 1130. The van der Waals surface area contributed by atoms with Crippen LogP contribution in [0.5, 0.6) is 0 Å². The van der Waals surface area contributed by atoms with Crippen LogP contribution in [0.1, 0.15) is 11.1 Å². The molecule has 0 bridgehead atoms. The number of carbonyl (C=O) groups excluding carboxylic acids is 1. The average Bonchev–Trinajstić information content (AvgIpc) is 3.13. The molecule has 0 unspecified atom stereocenters. The van der Waals surface area contributed by atoms with Crippen LogP contribution in [0.25, 0.3) is 16.9 Å². The molecule has 2 aromatic carbocycles.